The Morgan fingerprint density at radius 2 is 1.24 bits per heavy atom. The Hall–Kier alpha value is -0.350. The van der Waals surface area contributed by atoms with Gasteiger partial charge in [0.25, 0.3) is 0 Å². The predicted molar refractivity (Wildman–Crippen MR) is 92.8 cm³/mol. The zero-order valence-corrected chi connectivity index (χ0v) is 16.3. The molecule has 0 N–H and O–H groups in total. The van der Waals surface area contributed by atoms with E-state index in [4.69, 9.17) is 0 Å². The number of hydrogen-bond acceptors (Lipinski definition) is 2. The third-order valence-corrected chi connectivity index (χ3v) is 11.4. The summed E-state index contributed by atoms with van der Waals surface area (Å²) >= 11 is 3.76. The van der Waals surface area contributed by atoms with Crippen molar-refractivity contribution in [3.8, 4) is 0 Å². The first-order valence-electron chi connectivity index (χ1n) is 7.26. The van der Waals surface area contributed by atoms with Gasteiger partial charge in [-0.15, -0.1) is 0 Å². The molecule has 1 aromatic rings. The fourth-order valence-electron chi connectivity index (χ4n) is 3.31. The second kappa shape index (κ2) is 4.35. The second-order valence-electron chi connectivity index (χ2n) is 7.70. The van der Waals surface area contributed by atoms with Crippen molar-refractivity contribution in [2.75, 3.05) is 0 Å². The van der Waals surface area contributed by atoms with Crippen LogP contribution in [0.2, 0.25) is 0 Å². The monoisotopic (exact) mass is 372 g/mol. The molecule has 0 aromatic heterocycles. The van der Waals surface area contributed by atoms with E-state index in [1.165, 1.54) is 0 Å². The van der Waals surface area contributed by atoms with Gasteiger partial charge < -0.3 is 0 Å². The Labute approximate surface area is 137 Å². The van der Waals surface area contributed by atoms with E-state index in [0.717, 1.165) is 11.1 Å². The Morgan fingerprint density at radius 1 is 0.810 bits per heavy atom. The van der Waals surface area contributed by atoms with Gasteiger partial charge >= 0.3 is 0 Å². The lowest BCUT2D eigenvalue weighted by Crippen LogP contribution is -2.57. The van der Waals surface area contributed by atoms with Crippen molar-refractivity contribution in [3.63, 3.8) is 0 Å². The molecular formula is C17H25BrO2S. The first kappa shape index (κ1) is 17.0. The predicted octanol–water partition coefficient (Wildman–Crippen LogP) is 4.56. The molecule has 1 unspecified atom stereocenters. The highest BCUT2D eigenvalue weighted by molar-refractivity contribution is 9.09. The fraction of sp³-hybridized carbons (Fsp3) is 0.647. The Morgan fingerprint density at radius 3 is 1.71 bits per heavy atom. The zero-order chi connectivity index (χ0) is 16.5. The standard InChI is InChI=1S/C17H25BrO2S/c1-14(2)12-10-8-9-11-13(12)17(7,18)16(5,6)21(19,20)15(14,3)4/h8-11H,1-7H3. The summed E-state index contributed by atoms with van der Waals surface area (Å²) in [6.07, 6.45) is 0. The number of sulfone groups is 1. The summed E-state index contributed by atoms with van der Waals surface area (Å²) in [6.45, 7) is 13.4. The van der Waals surface area contributed by atoms with E-state index >= 15 is 0 Å². The molecule has 0 radical (unpaired) electrons. The van der Waals surface area contributed by atoms with Gasteiger partial charge in [0.1, 0.15) is 0 Å². The van der Waals surface area contributed by atoms with Crippen LogP contribution in [0.3, 0.4) is 0 Å². The molecule has 2 rings (SSSR count). The topological polar surface area (TPSA) is 34.1 Å². The molecule has 0 fully saturated rings. The van der Waals surface area contributed by atoms with Crippen molar-refractivity contribution in [2.24, 2.45) is 0 Å². The van der Waals surface area contributed by atoms with Gasteiger partial charge in [-0.2, -0.15) is 0 Å². The number of hydrogen-bond donors (Lipinski definition) is 0. The highest BCUT2D eigenvalue weighted by Gasteiger charge is 2.63. The molecule has 118 valence electrons. The maximum Gasteiger partial charge on any atom is 0.163 e. The van der Waals surface area contributed by atoms with Crippen LogP contribution in [0.25, 0.3) is 0 Å². The van der Waals surface area contributed by atoms with Crippen LogP contribution in [-0.4, -0.2) is 17.9 Å². The van der Waals surface area contributed by atoms with Gasteiger partial charge in [0.15, 0.2) is 9.84 Å². The third kappa shape index (κ3) is 1.78. The van der Waals surface area contributed by atoms with Crippen molar-refractivity contribution >= 4 is 25.8 Å². The van der Waals surface area contributed by atoms with Crippen molar-refractivity contribution in [2.45, 2.75) is 67.7 Å². The van der Waals surface area contributed by atoms with E-state index in [1.807, 2.05) is 66.7 Å². The van der Waals surface area contributed by atoms with Gasteiger partial charge in [0, 0.05) is 5.41 Å². The molecule has 0 spiro atoms. The van der Waals surface area contributed by atoms with Crippen LogP contribution in [-0.2, 0) is 19.6 Å². The van der Waals surface area contributed by atoms with Gasteiger partial charge in [0.2, 0.25) is 0 Å². The zero-order valence-electron chi connectivity index (χ0n) is 13.9. The van der Waals surface area contributed by atoms with Crippen LogP contribution in [0.4, 0.5) is 0 Å². The Balaban J connectivity index is 3.05. The van der Waals surface area contributed by atoms with Gasteiger partial charge in [-0.05, 0) is 45.7 Å². The van der Waals surface area contributed by atoms with E-state index in [2.05, 4.69) is 22.0 Å². The molecule has 1 aromatic carbocycles. The average Bonchev–Trinajstić information content (AvgIpc) is 2.38. The molecule has 0 aliphatic carbocycles. The molecular weight excluding hydrogens is 348 g/mol. The molecule has 1 aliphatic rings. The second-order valence-corrected chi connectivity index (χ2v) is 12.3. The molecule has 4 heteroatoms. The smallest absolute Gasteiger partial charge is 0.163 e. The minimum Gasteiger partial charge on any atom is -0.228 e. The van der Waals surface area contributed by atoms with Gasteiger partial charge in [-0.1, -0.05) is 54.0 Å². The SMILES string of the molecule is CC1(C)c2ccccc2C(C)(Br)C(C)(C)S(=O)(=O)C1(C)C. The van der Waals surface area contributed by atoms with Crippen LogP contribution in [0.5, 0.6) is 0 Å². The summed E-state index contributed by atoms with van der Waals surface area (Å²) in [5.41, 5.74) is 1.68. The molecule has 2 nitrogen and oxygen atoms in total. The highest BCUT2D eigenvalue weighted by atomic mass is 79.9. The number of alkyl halides is 1. The third-order valence-electron chi connectivity index (χ3n) is 6.09. The summed E-state index contributed by atoms with van der Waals surface area (Å²) in [5.74, 6) is 0. The first-order valence-corrected chi connectivity index (χ1v) is 9.53. The van der Waals surface area contributed by atoms with E-state index in [1.54, 1.807) is 0 Å². The lowest BCUT2D eigenvalue weighted by molar-refractivity contribution is 0.379. The maximum atomic E-state index is 13.4. The van der Waals surface area contributed by atoms with E-state index in [-0.39, 0.29) is 0 Å². The minimum atomic E-state index is -3.41. The molecule has 1 heterocycles. The van der Waals surface area contributed by atoms with Crippen LogP contribution < -0.4 is 0 Å². The van der Waals surface area contributed by atoms with Crippen molar-refractivity contribution in [1.29, 1.82) is 0 Å². The summed E-state index contributed by atoms with van der Waals surface area (Å²) < 4.78 is 24.5. The summed E-state index contributed by atoms with van der Waals surface area (Å²) in [6, 6.07) is 8.08. The molecule has 0 amide bonds. The van der Waals surface area contributed by atoms with Crippen molar-refractivity contribution in [1.82, 2.24) is 0 Å². The number of halogens is 1. The molecule has 21 heavy (non-hydrogen) atoms. The highest BCUT2D eigenvalue weighted by Crippen LogP contribution is 2.58. The Kier molecular flexibility index (Phi) is 3.52. The summed E-state index contributed by atoms with van der Waals surface area (Å²) in [4.78, 5) is 0. The number of fused-ring (bicyclic) bond motifs is 1. The molecule has 1 atom stereocenters. The lowest BCUT2D eigenvalue weighted by Gasteiger charge is -2.44. The Bertz CT molecular complexity index is 629. The maximum absolute atomic E-state index is 13.4. The quantitative estimate of drug-likeness (QED) is 0.625. The lowest BCUT2D eigenvalue weighted by atomic mass is 9.70. The van der Waals surface area contributed by atoms with Crippen molar-refractivity contribution < 1.29 is 8.42 Å². The molecule has 1 aliphatic heterocycles. The summed E-state index contributed by atoms with van der Waals surface area (Å²) in [7, 11) is -3.41. The van der Waals surface area contributed by atoms with Crippen LogP contribution in [0.1, 0.15) is 59.6 Å². The van der Waals surface area contributed by atoms with E-state index < -0.39 is 29.1 Å². The van der Waals surface area contributed by atoms with Crippen LogP contribution >= 0.6 is 15.9 Å². The average molecular weight is 373 g/mol. The molecule has 0 saturated heterocycles. The van der Waals surface area contributed by atoms with E-state index in [9.17, 15) is 8.42 Å². The van der Waals surface area contributed by atoms with Crippen molar-refractivity contribution in [3.05, 3.63) is 35.4 Å². The summed E-state index contributed by atoms with van der Waals surface area (Å²) in [5, 5.41) is 0. The van der Waals surface area contributed by atoms with Crippen LogP contribution in [0, 0.1) is 0 Å². The molecule has 0 saturated carbocycles. The first-order chi connectivity index (χ1) is 9.23. The number of benzene rings is 1. The van der Waals surface area contributed by atoms with E-state index in [0.29, 0.717) is 0 Å². The minimum absolute atomic E-state index is 0.481. The number of rotatable bonds is 0. The van der Waals surface area contributed by atoms with Gasteiger partial charge in [0.05, 0.1) is 13.8 Å². The van der Waals surface area contributed by atoms with Gasteiger partial charge in [-0.3, -0.25) is 0 Å². The van der Waals surface area contributed by atoms with Gasteiger partial charge in [-0.25, -0.2) is 8.42 Å². The largest absolute Gasteiger partial charge is 0.228 e. The molecule has 0 bridgehead atoms. The normalized spacial score (nSPS) is 32.0. The van der Waals surface area contributed by atoms with Crippen LogP contribution in [0.15, 0.2) is 24.3 Å². The fourth-order valence-corrected chi connectivity index (χ4v) is 6.97.